The van der Waals surface area contributed by atoms with Gasteiger partial charge < -0.3 is 10.2 Å². The standard InChI is InChI=1S/C14H26N2OS/c1-3-12-5-4-11(2)16(12)14(17)10-18-13-6-8-15-9-7-13/h11-13,15H,3-10H2,1-2H3. The van der Waals surface area contributed by atoms with Gasteiger partial charge in [0.05, 0.1) is 5.75 Å². The van der Waals surface area contributed by atoms with Crippen molar-refractivity contribution in [3.63, 3.8) is 0 Å². The zero-order chi connectivity index (χ0) is 13.0. The summed E-state index contributed by atoms with van der Waals surface area (Å²) in [5.41, 5.74) is 0. The number of nitrogens with zero attached hydrogens (tertiary/aromatic N) is 1. The molecule has 0 bridgehead atoms. The third kappa shape index (κ3) is 3.41. The van der Waals surface area contributed by atoms with Gasteiger partial charge in [-0.3, -0.25) is 4.79 Å². The number of likely N-dealkylation sites (tertiary alicyclic amines) is 1. The monoisotopic (exact) mass is 270 g/mol. The number of thioether (sulfide) groups is 1. The van der Waals surface area contributed by atoms with Crippen molar-refractivity contribution in [1.82, 2.24) is 10.2 Å². The summed E-state index contributed by atoms with van der Waals surface area (Å²) in [5.74, 6) is 1.06. The smallest absolute Gasteiger partial charge is 0.233 e. The van der Waals surface area contributed by atoms with Crippen LogP contribution in [-0.4, -0.2) is 47.0 Å². The van der Waals surface area contributed by atoms with E-state index in [4.69, 9.17) is 0 Å². The number of carbonyl (C=O) groups is 1. The first-order chi connectivity index (χ1) is 8.72. The molecule has 2 saturated heterocycles. The third-order valence-corrected chi connectivity index (χ3v) is 5.63. The average Bonchev–Trinajstić information content (AvgIpc) is 2.78. The van der Waals surface area contributed by atoms with E-state index >= 15 is 0 Å². The van der Waals surface area contributed by atoms with Crippen LogP contribution in [0.3, 0.4) is 0 Å². The summed E-state index contributed by atoms with van der Waals surface area (Å²) in [5, 5.41) is 4.06. The van der Waals surface area contributed by atoms with Gasteiger partial charge in [0.2, 0.25) is 5.91 Å². The molecule has 0 aliphatic carbocycles. The van der Waals surface area contributed by atoms with Gasteiger partial charge >= 0.3 is 0 Å². The zero-order valence-electron chi connectivity index (χ0n) is 11.7. The highest BCUT2D eigenvalue weighted by atomic mass is 32.2. The molecule has 2 aliphatic heterocycles. The molecule has 0 radical (unpaired) electrons. The molecule has 18 heavy (non-hydrogen) atoms. The van der Waals surface area contributed by atoms with Crippen LogP contribution in [0.15, 0.2) is 0 Å². The molecule has 2 heterocycles. The number of piperidine rings is 1. The highest BCUT2D eigenvalue weighted by Crippen LogP contribution is 2.28. The number of hydrogen-bond donors (Lipinski definition) is 1. The molecule has 0 aromatic heterocycles. The summed E-state index contributed by atoms with van der Waals surface area (Å²) in [6, 6.07) is 0.956. The summed E-state index contributed by atoms with van der Waals surface area (Å²) in [6.07, 6.45) is 5.91. The third-order valence-electron chi connectivity index (χ3n) is 4.27. The van der Waals surface area contributed by atoms with E-state index < -0.39 is 0 Å². The van der Waals surface area contributed by atoms with Crippen molar-refractivity contribution in [3.05, 3.63) is 0 Å². The minimum Gasteiger partial charge on any atom is -0.336 e. The van der Waals surface area contributed by atoms with Crippen LogP contribution < -0.4 is 5.32 Å². The van der Waals surface area contributed by atoms with E-state index in [0.29, 0.717) is 29.0 Å². The van der Waals surface area contributed by atoms with Crippen LogP contribution in [0.2, 0.25) is 0 Å². The van der Waals surface area contributed by atoms with E-state index in [1.165, 1.54) is 25.7 Å². The van der Waals surface area contributed by atoms with Gasteiger partial charge in [-0.05, 0) is 52.1 Å². The summed E-state index contributed by atoms with van der Waals surface area (Å²) in [7, 11) is 0. The molecule has 104 valence electrons. The lowest BCUT2D eigenvalue weighted by Crippen LogP contribution is -2.41. The van der Waals surface area contributed by atoms with Crippen LogP contribution in [-0.2, 0) is 4.79 Å². The lowest BCUT2D eigenvalue weighted by Gasteiger charge is -2.29. The van der Waals surface area contributed by atoms with Crippen LogP contribution in [0.5, 0.6) is 0 Å². The maximum Gasteiger partial charge on any atom is 0.233 e. The average molecular weight is 270 g/mol. The molecular weight excluding hydrogens is 244 g/mol. The first kappa shape index (κ1) is 14.2. The number of nitrogens with one attached hydrogen (secondary N) is 1. The molecule has 2 aliphatic rings. The molecule has 1 amide bonds. The van der Waals surface area contributed by atoms with E-state index in [2.05, 4.69) is 24.1 Å². The lowest BCUT2D eigenvalue weighted by molar-refractivity contribution is -0.130. The molecule has 1 N–H and O–H groups in total. The Morgan fingerprint density at radius 1 is 1.28 bits per heavy atom. The molecule has 2 rings (SSSR count). The normalized spacial score (nSPS) is 29.8. The predicted molar refractivity (Wildman–Crippen MR) is 78.0 cm³/mol. The Kier molecular flexibility index (Phi) is 5.37. The van der Waals surface area contributed by atoms with Crippen LogP contribution in [0.4, 0.5) is 0 Å². The maximum atomic E-state index is 12.4. The lowest BCUT2D eigenvalue weighted by atomic mass is 10.1. The van der Waals surface area contributed by atoms with Gasteiger partial charge in [-0.2, -0.15) is 0 Å². The van der Waals surface area contributed by atoms with Gasteiger partial charge in [-0.1, -0.05) is 6.92 Å². The summed E-state index contributed by atoms with van der Waals surface area (Å²) >= 11 is 1.88. The summed E-state index contributed by atoms with van der Waals surface area (Å²) in [4.78, 5) is 14.5. The minimum absolute atomic E-state index is 0.371. The van der Waals surface area contributed by atoms with Crippen molar-refractivity contribution in [2.24, 2.45) is 0 Å². The fraction of sp³-hybridized carbons (Fsp3) is 0.929. The van der Waals surface area contributed by atoms with E-state index in [1.54, 1.807) is 0 Å². The second-order valence-electron chi connectivity index (χ2n) is 5.55. The molecule has 0 aromatic carbocycles. The second kappa shape index (κ2) is 6.80. The Morgan fingerprint density at radius 2 is 2.00 bits per heavy atom. The molecule has 4 heteroatoms. The highest BCUT2D eigenvalue weighted by molar-refractivity contribution is 8.00. The first-order valence-corrected chi connectivity index (χ1v) is 8.40. The van der Waals surface area contributed by atoms with Crippen LogP contribution in [0, 0.1) is 0 Å². The van der Waals surface area contributed by atoms with Gasteiger partial charge in [0, 0.05) is 17.3 Å². The van der Waals surface area contributed by atoms with Gasteiger partial charge in [0.1, 0.15) is 0 Å². The fourth-order valence-electron chi connectivity index (χ4n) is 3.15. The zero-order valence-corrected chi connectivity index (χ0v) is 12.5. The van der Waals surface area contributed by atoms with Gasteiger partial charge in [-0.15, -0.1) is 11.8 Å². The molecule has 2 fully saturated rings. The molecule has 0 aromatic rings. The Morgan fingerprint density at radius 3 is 2.67 bits per heavy atom. The molecule has 2 unspecified atom stereocenters. The van der Waals surface area contributed by atoms with Crippen molar-refractivity contribution >= 4 is 17.7 Å². The van der Waals surface area contributed by atoms with Crippen molar-refractivity contribution in [1.29, 1.82) is 0 Å². The molecule has 3 nitrogen and oxygen atoms in total. The number of amides is 1. The topological polar surface area (TPSA) is 32.3 Å². The van der Waals surface area contributed by atoms with Crippen LogP contribution in [0.25, 0.3) is 0 Å². The Bertz CT molecular complexity index is 279. The molecule has 2 atom stereocenters. The largest absolute Gasteiger partial charge is 0.336 e. The molecule has 0 saturated carbocycles. The van der Waals surface area contributed by atoms with Gasteiger partial charge in [0.25, 0.3) is 0 Å². The summed E-state index contributed by atoms with van der Waals surface area (Å²) < 4.78 is 0. The van der Waals surface area contributed by atoms with E-state index in [0.717, 1.165) is 19.5 Å². The van der Waals surface area contributed by atoms with Crippen molar-refractivity contribution in [2.75, 3.05) is 18.8 Å². The van der Waals surface area contributed by atoms with Crippen molar-refractivity contribution in [2.45, 2.75) is 63.3 Å². The maximum absolute atomic E-state index is 12.4. The van der Waals surface area contributed by atoms with E-state index in [1.807, 2.05) is 11.8 Å². The fourth-order valence-corrected chi connectivity index (χ4v) is 4.24. The van der Waals surface area contributed by atoms with Gasteiger partial charge in [0.15, 0.2) is 0 Å². The molecule has 0 spiro atoms. The van der Waals surface area contributed by atoms with Crippen LogP contribution >= 0.6 is 11.8 Å². The highest BCUT2D eigenvalue weighted by Gasteiger charge is 2.33. The summed E-state index contributed by atoms with van der Waals surface area (Å²) in [6.45, 7) is 6.62. The minimum atomic E-state index is 0.371. The second-order valence-corrected chi connectivity index (χ2v) is 6.84. The Hall–Kier alpha value is -0.220. The Labute approximate surface area is 115 Å². The number of carbonyl (C=O) groups excluding carboxylic acids is 1. The van der Waals surface area contributed by atoms with Crippen molar-refractivity contribution < 1.29 is 4.79 Å². The Balaban J connectivity index is 1.79. The molecular formula is C14H26N2OS. The quantitative estimate of drug-likeness (QED) is 0.850. The van der Waals surface area contributed by atoms with Crippen molar-refractivity contribution in [3.8, 4) is 0 Å². The number of rotatable bonds is 4. The van der Waals surface area contributed by atoms with Crippen LogP contribution in [0.1, 0.15) is 46.0 Å². The van der Waals surface area contributed by atoms with Gasteiger partial charge in [-0.25, -0.2) is 0 Å². The SMILES string of the molecule is CCC1CCC(C)N1C(=O)CSC1CCNCC1. The predicted octanol–water partition coefficient (Wildman–Crippen LogP) is 2.26. The van der Waals surface area contributed by atoms with E-state index in [-0.39, 0.29) is 0 Å². The first-order valence-electron chi connectivity index (χ1n) is 7.35. The number of hydrogen-bond acceptors (Lipinski definition) is 3. The van der Waals surface area contributed by atoms with E-state index in [9.17, 15) is 4.79 Å².